The van der Waals surface area contributed by atoms with E-state index in [9.17, 15) is 9.59 Å². The van der Waals surface area contributed by atoms with Gasteiger partial charge in [0.25, 0.3) is 5.91 Å². The predicted molar refractivity (Wildman–Crippen MR) is 88.8 cm³/mol. The minimum atomic E-state index is -1.09. The number of hydrogen-bond donors (Lipinski definition) is 1. The summed E-state index contributed by atoms with van der Waals surface area (Å²) in [5.74, 6) is -0.674. The molecule has 2 aromatic rings. The number of carbonyl (C=O) groups is 2. The lowest BCUT2D eigenvalue weighted by Crippen LogP contribution is -2.42. The van der Waals surface area contributed by atoms with Crippen LogP contribution in [-0.2, 0) is 4.74 Å². The van der Waals surface area contributed by atoms with Crippen LogP contribution in [-0.4, -0.2) is 53.7 Å². The molecule has 1 aromatic heterocycles. The van der Waals surface area contributed by atoms with E-state index >= 15 is 0 Å². The third-order valence-corrected chi connectivity index (χ3v) is 4.05. The molecule has 0 spiro atoms. The van der Waals surface area contributed by atoms with Gasteiger partial charge in [-0.15, -0.1) is 0 Å². The Labute approximate surface area is 144 Å². The van der Waals surface area contributed by atoms with Gasteiger partial charge in [0.15, 0.2) is 0 Å². The zero-order valence-electron chi connectivity index (χ0n) is 13.7. The largest absolute Gasteiger partial charge is 0.497 e. The van der Waals surface area contributed by atoms with Crippen molar-refractivity contribution < 1.29 is 24.2 Å². The molecule has 1 aliphatic rings. The Kier molecular flexibility index (Phi) is 4.95. The van der Waals surface area contributed by atoms with Gasteiger partial charge in [0, 0.05) is 12.7 Å². The number of benzene rings is 1. The zero-order chi connectivity index (χ0) is 17.8. The highest BCUT2D eigenvalue weighted by Crippen LogP contribution is 2.26. The molecule has 130 valence electrons. The minimum absolute atomic E-state index is 0.0379. The summed E-state index contributed by atoms with van der Waals surface area (Å²) < 4.78 is 11.0. The maximum atomic E-state index is 12.7. The average Bonchev–Trinajstić information content (AvgIpc) is 2.67. The van der Waals surface area contributed by atoms with Crippen LogP contribution < -0.4 is 4.74 Å². The summed E-state index contributed by atoms with van der Waals surface area (Å²) in [5, 5.41) is 9.06. The first-order valence-electron chi connectivity index (χ1n) is 7.82. The zero-order valence-corrected chi connectivity index (χ0v) is 13.7. The van der Waals surface area contributed by atoms with E-state index in [4.69, 9.17) is 14.6 Å². The van der Waals surface area contributed by atoms with Crippen LogP contribution >= 0.6 is 0 Å². The van der Waals surface area contributed by atoms with Crippen molar-refractivity contribution in [3.05, 3.63) is 59.4 Å². The fourth-order valence-electron chi connectivity index (χ4n) is 2.72. The van der Waals surface area contributed by atoms with Gasteiger partial charge in [-0.1, -0.05) is 12.1 Å². The van der Waals surface area contributed by atoms with E-state index in [1.54, 1.807) is 12.0 Å². The van der Waals surface area contributed by atoms with Crippen molar-refractivity contribution >= 4 is 11.9 Å². The quantitative estimate of drug-likeness (QED) is 0.914. The molecule has 1 amide bonds. The average molecular weight is 342 g/mol. The van der Waals surface area contributed by atoms with Gasteiger partial charge < -0.3 is 19.5 Å². The van der Waals surface area contributed by atoms with Crippen LogP contribution in [0.3, 0.4) is 0 Å². The minimum Gasteiger partial charge on any atom is -0.497 e. The third kappa shape index (κ3) is 3.77. The molecule has 1 atom stereocenters. The number of aromatic nitrogens is 1. The van der Waals surface area contributed by atoms with Crippen molar-refractivity contribution in [2.45, 2.75) is 6.10 Å². The number of hydrogen-bond acceptors (Lipinski definition) is 5. The number of carboxylic acids is 1. The van der Waals surface area contributed by atoms with E-state index in [1.165, 1.54) is 18.3 Å². The Morgan fingerprint density at radius 3 is 2.92 bits per heavy atom. The van der Waals surface area contributed by atoms with Crippen LogP contribution in [0.4, 0.5) is 0 Å². The van der Waals surface area contributed by atoms with Crippen LogP contribution in [0.5, 0.6) is 5.75 Å². The number of aromatic carboxylic acids is 1. The maximum Gasteiger partial charge on any atom is 0.335 e. The number of pyridine rings is 1. The lowest BCUT2D eigenvalue weighted by Gasteiger charge is -2.33. The van der Waals surface area contributed by atoms with E-state index in [0.717, 1.165) is 11.3 Å². The van der Waals surface area contributed by atoms with E-state index in [-0.39, 0.29) is 23.3 Å². The molecular weight excluding hydrogens is 324 g/mol. The summed E-state index contributed by atoms with van der Waals surface area (Å²) in [5.41, 5.74) is 1.08. The van der Waals surface area contributed by atoms with Gasteiger partial charge in [0.1, 0.15) is 17.5 Å². The van der Waals surface area contributed by atoms with Gasteiger partial charge in [0.2, 0.25) is 0 Å². The fraction of sp³-hybridized carbons (Fsp3) is 0.278. The first-order chi connectivity index (χ1) is 12.1. The fourth-order valence-corrected chi connectivity index (χ4v) is 2.72. The van der Waals surface area contributed by atoms with Gasteiger partial charge in [-0.05, 0) is 29.8 Å². The summed E-state index contributed by atoms with van der Waals surface area (Å²) in [7, 11) is 1.60. The Bertz CT molecular complexity index is 793. The second-order valence-electron chi connectivity index (χ2n) is 5.62. The summed E-state index contributed by atoms with van der Waals surface area (Å²) in [4.78, 5) is 29.4. The van der Waals surface area contributed by atoms with Crippen molar-refractivity contribution in [2.24, 2.45) is 0 Å². The third-order valence-electron chi connectivity index (χ3n) is 4.05. The molecule has 0 saturated carbocycles. The van der Waals surface area contributed by atoms with Gasteiger partial charge in [-0.2, -0.15) is 0 Å². The Morgan fingerprint density at radius 1 is 1.32 bits per heavy atom. The molecule has 0 radical (unpaired) electrons. The molecule has 25 heavy (non-hydrogen) atoms. The number of carboxylic acid groups (broad SMARTS) is 1. The van der Waals surface area contributed by atoms with Crippen molar-refractivity contribution in [1.82, 2.24) is 9.88 Å². The van der Waals surface area contributed by atoms with Crippen molar-refractivity contribution in [2.75, 3.05) is 26.8 Å². The second kappa shape index (κ2) is 7.31. The molecule has 7 heteroatoms. The summed E-state index contributed by atoms with van der Waals surface area (Å²) >= 11 is 0. The predicted octanol–water partition coefficient (Wildman–Crippen LogP) is 2.00. The molecule has 7 nitrogen and oxygen atoms in total. The highest BCUT2D eigenvalue weighted by Gasteiger charge is 2.27. The normalized spacial score (nSPS) is 17.2. The standard InChI is InChI=1S/C18H18N2O5/c1-24-14-4-2-3-12(9-14)16-11-20(7-8-25-16)17(21)15-10-13(18(22)23)5-6-19-15/h2-6,9-10,16H,7-8,11H2,1H3,(H,22,23). The molecule has 1 N–H and O–H groups in total. The highest BCUT2D eigenvalue weighted by atomic mass is 16.5. The van der Waals surface area contributed by atoms with Gasteiger partial charge >= 0.3 is 5.97 Å². The highest BCUT2D eigenvalue weighted by molar-refractivity contribution is 5.95. The smallest absolute Gasteiger partial charge is 0.335 e. The van der Waals surface area contributed by atoms with E-state index in [0.29, 0.717) is 19.7 Å². The molecule has 3 rings (SSSR count). The number of nitrogens with zero attached hydrogens (tertiary/aromatic N) is 2. The first-order valence-corrected chi connectivity index (χ1v) is 7.82. The number of morpholine rings is 1. The maximum absolute atomic E-state index is 12.7. The molecular formula is C18H18N2O5. The Morgan fingerprint density at radius 2 is 2.16 bits per heavy atom. The monoisotopic (exact) mass is 342 g/mol. The molecule has 0 bridgehead atoms. The lowest BCUT2D eigenvalue weighted by molar-refractivity contribution is -0.0230. The summed E-state index contributed by atoms with van der Waals surface area (Å²) in [6, 6.07) is 10.2. The molecule has 1 saturated heterocycles. The molecule has 1 fully saturated rings. The van der Waals surface area contributed by atoms with Crippen molar-refractivity contribution in [3.8, 4) is 5.75 Å². The van der Waals surface area contributed by atoms with E-state index in [1.807, 2.05) is 24.3 Å². The number of rotatable bonds is 4. The van der Waals surface area contributed by atoms with E-state index < -0.39 is 5.97 Å². The van der Waals surface area contributed by atoms with Crippen LogP contribution in [0.2, 0.25) is 0 Å². The number of carbonyl (C=O) groups excluding carboxylic acids is 1. The lowest BCUT2D eigenvalue weighted by atomic mass is 10.1. The van der Waals surface area contributed by atoms with Crippen molar-refractivity contribution in [3.63, 3.8) is 0 Å². The van der Waals surface area contributed by atoms with Crippen molar-refractivity contribution in [1.29, 1.82) is 0 Å². The van der Waals surface area contributed by atoms with Crippen LogP contribution in [0.25, 0.3) is 0 Å². The van der Waals surface area contributed by atoms with Crippen LogP contribution in [0.15, 0.2) is 42.6 Å². The SMILES string of the molecule is COc1cccc(C2CN(C(=O)c3cc(C(=O)O)ccn3)CCO2)c1. The Balaban J connectivity index is 1.77. The number of amides is 1. The van der Waals surface area contributed by atoms with Gasteiger partial charge in [-0.3, -0.25) is 9.78 Å². The Hall–Kier alpha value is -2.93. The molecule has 1 aliphatic heterocycles. The van der Waals surface area contributed by atoms with Gasteiger partial charge in [-0.25, -0.2) is 4.79 Å². The molecule has 2 heterocycles. The molecule has 1 unspecified atom stereocenters. The first kappa shape index (κ1) is 16.9. The topological polar surface area (TPSA) is 89.0 Å². The number of ether oxygens (including phenoxy) is 2. The van der Waals surface area contributed by atoms with E-state index in [2.05, 4.69) is 4.98 Å². The van der Waals surface area contributed by atoms with Gasteiger partial charge in [0.05, 0.1) is 25.8 Å². The molecule has 1 aromatic carbocycles. The molecule has 0 aliphatic carbocycles. The summed E-state index contributed by atoms with van der Waals surface area (Å²) in [6.45, 7) is 1.19. The number of methoxy groups -OCH3 is 1. The second-order valence-corrected chi connectivity index (χ2v) is 5.62. The summed E-state index contributed by atoms with van der Waals surface area (Å²) in [6.07, 6.45) is 1.06. The van der Waals surface area contributed by atoms with Crippen LogP contribution in [0.1, 0.15) is 32.5 Å². The van der Waals surface area contributed by atoms with Crippen LogP contribution in [0, 0.1) is 0 Å².